The summed E-state index contributed by atoms with van der Waals surface area (Å²) in [6, 6.07) is 39.9. The van der Waals surface area contributed by atoms with E-state index in [1.807, 2.05) is 30.7 Å². The van der Waals surface area contributed by atoms with Crippen LogP contribution < -0.4 is 0 Å². The van der Waals surface area contributed by atoms with Crippen LogP contribution in [-0.4, -0.2) is 9.97 Å². The molecule has 1 fully saturated rings. The van der Waals surface area contributed by atoms with Crippen LogP contribution in [0.2, 0.25) is 0 Å². The van der Waals surface area contributed by atoms with Crippen LogP contribution in [0.4, 0.5) is 0 Å². The van der Waals surface area contributed by atoms with E-state index < -0.39 is 0 Å². The van der Waals surface area contributed by atoms with E-state index in [2.05, 4.69) is 114 Å². The van der Waals surface area contributed by atoms with Crippen LogP contribution in [0, 0.1) is 5.92 Å². The average molecular weight is 577 g/mol. The van der Waals surface area contributed by atoms with Crippen molar-refractivity contribution in [3.63, 3.8) is 0 Å². The van der Waals surface area contributed by atoms with Crippen LogP contribution in [-0.2, 0) is 0 Å². The van der Waals surface area contributed by atoms with Crippen molar-refractivity contribution >= 4 is 37.9 Å². The van der Waals surface area contributed by atoms with Gasteiger partial charge in [0, 0.05) is 24.2 Å². The lowest BCUT2D eigenvalue weighted by Gasteiger charge is -2.21. The Hall–Kier alpha value is -5.34. The Morgan fingerprint density at radius 3 is 1.76 bits per heavy atom. The molecule has 0 saturated heterocycles. The Labute approximate surface area is 263 Å². The number of hydrogen-bond donors (Lipinski definition) is 0. The molecule has 0 radical (unpaired) electrons. The van der Waals surface area contributed by atoms with Gasteiger partial charge in [-0.15, -0.1) is 0 Å². The fourth-order valence-corrected chi connectivity index (χ4v) is 7.31. The number of allylic oxidation sites excluding steroid dienone is 4. The molecule has 2 aromatic heterocycles. The maximum absolute atomic E-state index is 4.71. The molecule has 2 heterocycles. The lowest BCUT2D eigenvalue weighted by Crippen LogP contribution is -1.98. The predicted octanol–water partition coefficient (Wildman–Crippen LogP) is 11.5. The minimum absolute atomic E-state index is 0.844. The zero-order chi connectivity index (χ0) is 29.7. The molecule has 2 heteroatoms. The number of benzene rings is 5. The highest BCUT2D eigenvalue weighted by Gasteiger charge is 2.27. The van der Waals surface area contributed by atoms with Gasteiger partial charge in [-0.1, -0.05) is 90.5 Å². The van der Waals surface area contributed by atoms with Crippen LogP contribution >= 0.6 is 0 Å². The largest absolute Gasteiger partial charge is 0.265 e. The van der Waals surface area contributed by atoms with Crippen LogP contribution in [0.5, 0.6) is 0 Å². The maximum atomic E-state index is 4.71. The van der Waals surface area contributed by atoms with Gasteiger partial charge in [-0.2, -0.15) is 0 Å². The summed E-state index contributed by atoms with van der Waals surface area (Å²) in [5.74, 6) is 0.844. The number of hydrogen-bond acceptors (Lipinski definition) is 2. The molecule has 214 valence electrons. The van der Waals surface area contributed by atoms with E-state index >= 15 is 0 Å². The first kappa shape index (κ1) is 26.1. The molecule has 0 N–H and O–H groups in total. The second kappa shape index (κ2) is 10.7. The highest BCUT2D eigenvalue weighted by Crippen LogP contribution is 2.46. The Kier molecular flexibility index (Phi) is 6.19. The zero-order valence-corrected chi connectivity index (χ0v) is 25.1. The fraction of sp³-hybridized carbons (Fsp3) is 0.116. The molecule has 0 unspecified atom stereocenters. The first-order valence-corrected chi connectivity index (χ1v) is 16.0. The van der Waals surface area contributed by atoms with Gasteiger partial charge >= 0.3 is 0 Å². The third-order valence-corrected chi connectivity index (χ3v) is 9.73. The third kappa shape index (κ3) is 4.65. The van der Waals surface area contributed by atoms with Crippen molar-refractivity contribution in [2.75, 3.05) is 0 Å². The van der Waals surface area contributed by atoms with Gasteiger partial charge in [0.25, 0.3) is 0 Å². The second-order valence-electron chi connectivity index (χ2n) is 12.5. The molecule has 0 aliphatic heterocycles. The molecule has 2 nitrogen and oxygen atoms in total. The van der Waals surface area contributed by atoms with Crippen molar-refractivity contribution in [1.82, 2.24) is 9.97 Å². The first-order valence-electron chi connectivity index (χ1n) is 16.0. The number of fused-ring (bicyclic) bond motifs is 3. The minimum atomic E-state index is 0.844. The van der Waals surface area contributed by atoms with E-state index in [4.69, 9.17) is 4.98 Å². The van der Waals surface area contributed by atoms with E-state index in [9.17, 15) is 0 Å². The molecule has 2 aliphatic rings. The van der Waals surface area contributed by atoms with Crippen molar-refractivity contribution in [1.29, 1.82) is 0 Å². The molecule has 0 atom stereocenters. The molecule has 0 amide bonds. The van der Waals surface area contributed by atoms with E-state index in [1.54, 1.807) is 5.57 Å². The second-order valence-corrected chi connectivity index (χ2v) is 12.5. The van der Waals surface area contributed by atoms with Gasteiger partial charge < -0.3 is 0 Å². The maximum Gasteiger partial charge on any atom is 0.0708 e. The number of aromatic nitrogens is 2. The van der Waals surface area contributed by atoms with Gasteiger partial charge in [-0.05, 0) is 134 Å². The third-order valence-electron chi connectivity index (χ3n) is 9.73. The van der Waals surface area contributed by atoms with Crippen molar-refractivity contribution in [2.24, 2.45) is 5.92 Å². The lowest BCUT2D eigenvalue weighted by molar-refractivity contribution is 0.859. The monoisotopic (exact) mass is 576 g/mol. The van der Waals surface area contributed by atoms with Crippen LogP contribution in [0.3, 0.4) is 0 Å². The topological polar surface area (TPSA) is 25.8 Å². The SMILES string of the molecule is C1=C(c2c3ccccc3c(-c3ccc4cc(-c5cc(-c6ccncc6)ccn5)ccc4c3)c3ccccc23)CCC(C2CC2)=C1. The Bertz CT molecular complexity index is 2270. The minimum Gasteiger partial charge on any atom is -0.265 e. The lowest BCUT2D eigenvalue weighted by atomic mass is 9.82. The summed E-state index contributed by atoms with van der Waals surface area (Å²) in [5.41, 5.74) is 11.5. The molecule has 0 bridgehead atoms. The summed E-state index contributed by atoms with van der Waals surface area (Å²) < 4.78 is 0. The van der Waals surface area contributed by atoms with Gasteiger partial charge in [0.05, 0.1) is 5.69 Å². The molecule has 45 heavy (non-hydrogen) atoms. The summed E-state index contributed by atoms with van der Waals surface area (Å²) in [7, 11) is 0. The molecule has 1 saturated carbocycles. The standard InChI is InChI=1S/C43H32N2/c1-3-7-39-37(5-1)42(31-13-11-29(12-14-31)28-9-10-28)38-6-2-4-8-40(38)43(39)36-18-16-32-25-35(17-15-33(32)26-36)41-27-34(21-24-45-41)30-19-22-44-23-20-30/h1-8,11,13,15-28H,9-10,12,14H2. The highest BCUT2D eigenvalue weighted by molar-refractivity contribution is 6.19. The van der Waals surface area contributed by atoms with Gasteiger partial charge in [-0.3, -0.25) is 9.97 Å². The zero-order valence-electron chi connectivity index (χ0n) is 25.1. The van der Waals surface area contributed by atoms with Gasteiger partial charge in [0.2, 0.25) is 0 Å². The van der Waals surface area contributed by atoms with Gasteiger partial charge in [0.1, 0.15) is 0 Å². The summed E-state index contributed by atoms with van der Waals surface area (Å²) in [4.78, 5) is 8.88. The summed E-state index contributed by atoms with van der Waals surface area (Å²) in [6.45, 7) is 0. The predicted molar refractivity (Wildman–Crippen MR) is 189 cm³/mol. The normalized spacial score (nSPS) is 14.9. The van der Waals surface area contributed by atoms with E-state index in [0.717, 1.165) is 34.7 Å². The number of rotatable bonds is 5. The quantitative estimate of drug-likeness (QED) is 0.191. The van der Waals surface area contributed by atoms with E-state index in [-0.39, 0.29) is 0 Å². The molecule has 0 spiro atoms. The molecule has 5 aromatic carbocycles. The molecule has 9 rings (SSSR count). The van der Waals surface area contributed by atoms with Crippen molar-refractivity contribution in [2.45, 2.75) is 25.7 Å². The Morgan fingerprint density at radius 2 is 1.11 bits per heavy atom. The van der Waals surface area contributed by atoms with Gasteiger partial charge in [-0.25, -0.2) is 0 Å². The smallest absolute Gasteiger partial charge is 0.0708 e. The van der Waals surface area contributed by atoms with Gasteiger partial charge in [0.15, 0.2) is 0 Å². The number of pyridine rings is 2. The highest BCUT2D eigenvalue weighted by atomic mass is 14.7. The Balaban J connectivity index is 1.16. The van der Waals surface area contributed by atoms with E-state index in [0.29, 0.717) is 0 Å². The van der Waals surface area contributed by atoms with Crippen LogP contribution in [0.15, 0.2) is 146 Å². The van der Waals surface area contributed by atoms with Crippen molar-refractivity contribution < 1.29 is 0 Å². The summed E-state index contributed by atoms with van der Waals surface area (Å²) >= 11 is 0. The molecule has 7 aromatic rings. The number of nitrogens with zero attached hydrogens (tertiary/aromatic N) is 2. The summed E-state index contributed by atoms with van der Waals surface area (Å²) in [6.07, 6.45) is 15.5. The fourth-order valence-electron chi connectivity index (χ4n) is 7.31. The van der Waals surface area contributed by atoms with Crippen molar-refractivity contribution in [3.8, 4) is 33.5 Å². The average Bonchev–Trinajstić information content (AvgIpc) is 3.97. The Morgan fingerprint density at radius 1 is 0.489 bits per heavy atom. The first-order chi connectivity index (χ1) is 22.3. The van der Waals surface area contributed by atoms with Crippen LogP contribution in [0.1, 0.15) is 31.2 Å². The van der Waals surface area contributed by atoms with Crippen LogP contribution in [0.25, 0.3) is 71.4 Å². The van der Waals surface area contributed by atoms with E-state index in [1.165, 1.54) is 73.8 Å². The summed E-state index contributed by atoms with van der Waals surface area (Å²) in [5, 5.41) is 7.76. The molecule has 2 aliphatic carbocycles. The van der Waals surface area contributed by atoms with Crippen molar-refractivity contribution in [3.05, 3.63) is 151 Å². The molecular formula is C43H32N2. The molecular weight excluding hydrogens is 544 g/mol.